The Hall–Kier alpha value is -3.49. The number of likely N-dealkylation sites (tertiary alicyclic amines) is 2. The van der Waals surface area contributed by atoms with Gasteiger partial charge in [-0.05, 0) is 67.5 Å². The highest BCUT2D eigenvalue weighted by Crippen LogP contribution is 2.47. The lowest BCUT2D eigenvalue weighted by Gasteiger charge is -2.39. The Labute approximate surface area is 301 Å². The van der Waals surface area contributed by atoms with Crippen LogP contribution < -0.4 is 9.64 Å². The van der Waals surface area contributed by atoms with Gasteiger partial charge in [0.25, 0.3) is 5.91 Å². The summed E-state index contributed by atoms with van der Waals surface area (Å²) in [6.45, 7) is 1.59. The molecule has 286 valence electrons. The zero-order chi connectivity index (χ0) is 37.4. The van der Waals surface area contributed by atoms with Gasteiger partial charge in [0.15, 0.2) is 5.60 Å². The predicted molar refractivity (Wildman–Crippen MR) is 183 cm³/mol. The second-order valence-corrected chi connectivity index (χ2v) is 14.8. The normalized spacial score (nSPS) is 27.7. The molecule has 2 aromatic carbocycles. The van der Waals surface area contributed by atoms with E-state index >= 15 is 4.79 Å². The van der Waals surface area contributed by atoms with Crippen LogP contribution in [-0.2, 0) is 25.2 Å². The van der Waals surface area contributed by atoms with E-state index in [9.17, 15) is 31.9 Å². The third-order valence-corrected chi connectivity index (χ3v) is 11.9. The fraction of sp³-hybridized carbons (Fsp3) is 0.632. The summed E-state index contributed by atoms with van der Waals surface area (Å²) in [5, 5.41) is 9.53. The first-order valence-electron chi connectivity index (χ1n) is 18.0. The minimum Gasteiger partial charge on any atom is -0.497 e. The standard InChI is InChI=1S/C38H48F5N3O6/c1-50-22-29-18-26(31-9-6-27(38(41,42)43)19-33(31)44-16-12-25(13-17-44)34(47)48)20-46(29)35(49)37(52-3)23-45(28-10-14-36(39,40)15-11-28)21-32(37)24-4-7-30(51-2)8-5-24/h4-9,19,25-26,28-29,32H,10-18,20-23H2,1-3H3,(H,47,48)/t26-,29+,32+,37+/m1/s1. The Morgan fingerprint density at radius 2 is 1.62 bits per heavy atom. The van der Waals surface area contributed by atoms with Gasteiger partial charge in [0.05, 0.1) is 31.2 Å². The van der Waals surface area contributed by atoms with Gasteiger partial charge < -0.3 is 29.1 Å². The first-order chi connectivity index (χ1) is 24.7. The number of alkyl halides is 5. The maximum atomic E-state index is 15.1. The van der Waals surface area contributed by atoms with Crippen LogP contribution in [0.3, 0.4) is 0 Å². The molecule has 2 aromatic rings. The third kappa shape index (κ3) is 7.61. The van der Waals surface area contributed by atoms with Gasteiger partial charge in [-0.2, -0.15) is 13.2 Å². The van der Waals surface area contributed by atoms with Crippen molar-refractivity contribution in [1.29, 1.82) is 0 Å². The second-order valence-electron chi connectivity index (χ2n) is 14.8. The summed E-state index contributed by atoms with van der Waals surface area (Å²) in [6.07, 6.45) is -3.37. The van der Waals surface area contributed by atoms with E-state index in [-0.39, 0.29) is 50.4 Å². The van der Waals surface area contributed by atoms with Gasteiger partial charge in [0.2, 0.25) is 5.92 Å². The number of amides is 1. The Morgan fingerprint density at radius 3 is 2.19 bits per heavy atom. The van der Waals surface area contributed by atoms with Crippen LogP contribution in [0.5, 0.6) is 5.75 Å². The Morgan fingerprint density at radius 1 is 0.942 bits per heavy atom. The van der Waals surface area contributed by atoms with Gasteiger partial charge in [0, 0.05) is 83.4 Å². The number of aliphatic carboxylic acids is 1. The monoisotopic (exact) mass is 737 g/mol. The van der Waals surface area contributed by atoms with E-state index in [1.807, 2.05) is 29.2 Å². The van der Waals surface area contributed by atoms with Gasteiger partial charge in [-0.15, -0.1) is 0 Å². The molecule has 0 unspecified atom stereocenters. The summed E-state index contributed by atoms with van der Waals surface area (Å²) in [5.41, 5.74) is -0.274. The molecule has 4 aliphatic rings. The number of rotatable bonds is 10. The van der Waals surface area contributed by atoms with Crippen LogP contribution in [0.15, 0.2) is 42.5 Å². The molecule has 4 fully saturated rings. The van der Waals surface area contributed by atoms with Crippen molar-refractivity contribution in [2.24, 2.45) is 5.92 Å². The molecule has 9 nitrogen and oxygen atoms in total. The molecule has 52 heavy (non-hydrogen) atoms. The molecule has 3 aliphatic heterocycles. The Bertz CT molecular complexity index is 1570. The van der Waals surface area contributed by atoms with Crippen LogP contribution in [0.25, 0.3) is 0 Å². The molecule has 0 spiro atoms. The molecule has 0 bridgehead atoms. The molecule has 1 N–H and O–H groups in total. The topological polar surface area (TPSA) is 91.8 Å². The number of piperidine rings is 1. The van der Waals surface area contributed by atoms with Crippen molar-refractivity contribution in [3.8, 4) is 5.75 Å². The summed E-state index contributed by atoms with van der Waals surface area (Å²) in [7, 11) is 4.60. The van der Waals surface area contributed by atoms with E-state index in [2.05, 4.69) is 4.90 Å². The number of carbonyl (C=O) groups is 2. The van der Waals surface area contributed by atoms with Crippen molar-refractivity contribution in [3.05, 3.63) is 59.2 Å². The maximum Gasteiger partial charge on any atom is 0.416 e. The molecule has 3 heterocycles. The minimum atomic E-state index is -4.58. The first-order valence-corrected chi connectivity index (χ1v) is 18.0. The second kappa shape index (κ2) is 15.1. The van der Waals surface area contributed by atoms with E-state index in [4.69, 9.17) is 14.2 Å². The van der Waals surface area contributed by atoms with Gasteiger partial charge in [-0.3, -0.25) is 14.5 Å². The summed E-state index contributed by atoms with van der Waals surface area (Å²) in [6, 6.07) is 10.6. The van der Waals surface area contributed by atoms with Gasteiger partial charge in [-0.25, -0.2) is 8.78 Å². The van der Waals surface area contributed by atoms with E-state index in [1.54, 1.807) is 12.0 Å². The lowest BCUT2D eigenvalue weighted by atomic mass is 9.83. The van der Waals surface area contributed by atoms with Crippen molar-refractivity contribution < 1.29 is 50.9 Å². The zero-order valence-corrected chi connectivity index (χ0v) is 29.8. The smallest absolute Gasteiger partial charge is 0.416 e. The average molecular weight is 738 g/mol. The molecule has 0 radical (unpaired) electrons. The molecule has 1 saturated carbocycles. The largest absolute Gasteiger partial charge is 0.497 e. The quantitative estimate of drug-likeness (QED) is 0.280. The Kier molecular flexibility index (Phi) is 11.1. The predicted octanol–water partition coefficient (Wildman–Crippen LogP) is 6.41. The number of hydrogen-bond acceptors (Lipinski definition) is 7. The van der Waals surface area contributed by atoms with E-state index in [0.717, 1.165) is 17.7 Å². The van der Waals surface area contributed by atoms with Crippen LogP contribution in [0.4, 0.5) is 27.6 Å². The van der Waals surface area contributed by atoms with Crippen molar-refractivity contribution >= 4 is 17.6 Å². The van der Waals surface area contributed by atoms with Crippen LogP contribution in [0.1, 0.15) is 73.5 Å². The van der Waals surface area contributed by atoms with Gasteiger partial charge >= 0.3 is 12.1 Å². The van der Waals surface area contributed by atoms with E-state index in [0.29, 0.717) is 68.7 Å². The molecule has 6 rings (SSSR count). The number of benzene rings is 2. The van der Waals surface area contributed by atoms with Gasteiger partial charge in [-0.1, -0.05) is 18.2 Å². The fourth-order valence-electron chi connectivity index (χ4n) is 8.94. The SMILES string of the molecule is COC[C@@H]1C[C@@H](c2ccc(C(F)(F)F)cc2N2CCC(C(=O)O)CC2)CN1C(=O)[C@]1(OC)CN(C2CCC(F)(F)CC2)C[C@H]1c1ccc(OC)cc1. The number of carboxylic acid groups (broad SMARTS) is 1. The van der Waals surface area contributed by atoms with Crippen LogP contribution in [-0.4, -0.2) is 111 Å². The number of carboxylic acids is 1. The molecular weight excluding hydrogens is 689 g/mol. The maximum absolute atomic E-state index is 15.1. The zero-order valence-electron chi connectivity index (χ0n) is 29.8. The number of ether oxygens (including phenoxy) is 3. The lowest BCUT2D eigenvalue weighted by molar-refractivity contribution is -0.157. The van der Waals surface area contributed by atoms with Crippen molar-refractivity contribution in [2.45, 2.75) is 86.6 Å². The van der Waals surface area contributed by atoms with E-state index in [1.165, 1.54) is 20.3 Å². The highest BCUT2D eigenvalue weighted by molar-refractivity contribution is 5.88. The molecule has 1 aliphatic carbocycles. The molecule has 1 amide bonds. The van der Waals surface area contributed by atoms with Crippen LogP contribution >= 0.6 is 0 Å². The number of carbonyl (C=O) groups excluding carboxylic acids is 1. The first kappa shape index (κ1) is 38.2. The minimum absolute atomic E-state index is 0.147. The number of methoxy groups -OCH3 is 3. The number of halogens is 5. The molecular formula is C38H48F5N3O6. The number of hydrogen-bond donors (Lipinski definition) is 1. The molecule has 0 aromatic heterocycles. The average Bonchev–Trinajstić information content (AvgIpc) is 3.74. The fourth-order valence-corrected chi connectivity index (χ4v) is 8.94. The number of nitrogens with zero attached hydrogens (tertiary/aromatic N) is 3. The lowest BCUT2D eigenvalue weighted by Crippen LogP contribution is -2.57. The summed E-state index contributed by atoms with van der Waals surface area (Å²) in [4.78, 5) is 32.4. The summed E-state index contributed by atoms with van der Waals surface area (Å²) < 4.78 is 87.6. The van der Waals surface area contributed by atoms with Crippen molar-refractivity contribution in [3.63, 3.8) is 0 Å². The number of anilines is 1. The molecule has 14 heteroatoms. The van der Waals surface area contributed by atoms with Gasteiger partial charge in [0.1, 0.15) is 5.75 Å². The highest BCUT2D eigenvalue weighted by Gasteiger charge is 2.58. The van der Waals surface area contributed by atoms with Crippen LogP contribution in [0, 0.1) is 5.92 Å². The van der Waals surface area contributed by atoms with E-state index < -0.39 is 47.1 Å². The highest BCUT2D eigenvalue weighted by atomic mass is 19.4. The summed E-state index contributed by atoms with van der Waals surface area (Å²) >= 11 is 0. The molecule has 3 saturated heterocycles. The van der Waals surface area contributed by atoms with Crippen molar-refractivity contribution in [2.75, 3.05) is 65.6 Å². The van der Waals surface area contributed by atoms with Crippen molar-refractivity contribution in [1.82, 2.24) is 9.80 Å². The van der Waals surface area contributed by atoms with Crippen LogP contribution in [0.2, 0.25) is 0 Å². The third-order valence-electron chi connectivity index (χ3n) is 11.9. The molecule has 4 atom stereocenters. The summed E-state index contributed by atoms with van der Waals surface area (Å²) in [5.74, 6) is -4.60. The Balaban J connectivity index is 1.33.